The Bertz CT molecular complexity index is 475. The highest BCUT2D eigenvalue weighted by molar-refractivity contribution is 6.33. The molecular weight excluding hydrogens is 286 g/mol. The van der Waals surface area contributed by atoms with Gasteiger partial charge in [-0.15, -0.1) is 0 Å². The number of halogens is 1. The normalized spacial score (nSPS) is 12.3. The van der Waals surface area contributed by atoms with E-state index in [1.54, 1.807) is 6.07 Å². The summed E-state index contributed by atoms with van der Waals surface area (Å²) in [6.45, 7) is 4.81. The molecule has 0 aliphatic carbocycles. The van der Waals surface area contributed by atoms with E-state index in [1.165, 1.54) is 0 Å². The maximum Gasteiger partial charge on any atom is 0.224 e. The molecule has 1 atom stereocenters. The quantitative estimate of drug-likeness (QED) is 0.812. The predicted molar refractivity (Wildman–Crippen MR) is 91.0 cm³/mol. The highest BCUT2D eigenvalue weighted by Gasteiger charge is 2.14. The molecule has 0 heterocycles. The number of carbonyl (C=O) groups excluding carboxylic acids is 1. The second kappa shape index (κ2) is 8.25. The van der Waals surface area contributed by atoms with Crippen LogP contribution >= 0.6 is 11.6 Å². The number of anilines is 2. The lowest BCUT2D eigenvalue weighted by Gasteiger charge is -2.18. The summed E-state index contributed by atoms with van der Waals surface area (Å²) in [6, 6.07) is 5.53. The van der Waals surface area contributed by atoms with Crippen molar-refractivity contribution in [2.24, 2.45) is 17.6 Å². The second-order valence-corrected chi connectivity index (χ2v) is 6.45. The zero-order valence-electron chi connectivity index (χ0n) is 13.3. The summed E-state index contributed by atoms with van der Waals surface area (Å²) < 4.78 is 0. The minimum Gasteiger partial charge on any atom is -0.376 e. The van der Waals surface area contributed by atoms with Crippen molar-refractivity contribution >= 4 is 28.9 Å². The fourth-order valence-electron chi connectivity index (χ4n) is 2.35. The number of nitrogens with one attached hydrogen (secondary N) is 1. The van der Waals surface area contributed by atoms with Crippen molar-refractivity contribution in [3.8, 4) is 0 Å². The van der Waals surface area contributed by atoms with Crippen LogP contribution in [-0.2, 0) is 4.79 Å². The van der Waals surface area contributed by atoms with E-state index in [0.717, 1.165) is 17.8 Å². The second-order valence-electron chi connectivity index (χ2n) is 6.04. The van der Waals surface area contributed by atoms with E-state index in [0.29, 0.717) is 23.9 Å². The van der Waals surface area contributed by atoms with Crippen LogP contribution in [0.4, 0.5) is 11.4 Å². The summed E-state index contributed by atoms with van der Waals surface area (Å²) in [7, 11) is 3.86. The number of benzene rings is 1. The topological polar surface area (TPSA) is 58.4 Å². The molecule has 5 heteroatoms. The number of hydrogen-bond acceptors (Lipinski definition) is 3. The fraction of sp³-hybridized carbons (Fsp3) is 0.562. The predicted octanol–water partition coefficient (Wildman–Crippen LogP) is 3.36. The first-order valence-electron chi connectivity index (χ1n) is 7.30. The lowest BCUT2D eigenvalue weighted by molar-refractivity contribution is -0.117. The van der Waals surface area contributed by atoms with Crippen LogP contribution in [0.15, 0.2) is 18.2 Å². The number of nitrogens with zero attached hydrogens (tertiary/aromatic N) is 1. The molecule has 0 unspecified atom stereocenters. The van der Waals surface area contributed by atoms with Crippen molar-refractivity contribution in [2.45, 2.75) is 26.7 Å². The van der Waals surface area contributed by atoms with Gasteiger partial charge in [-0.05, 0) is 43.0 Å². The molecule has 0 saturated heterocycles. The van der Waals surface area contributed by atoms with Gasteiger partial charge in [0, 0.05) is 26.2 Å². The summed E-state index contributed by atoms with van der Waals surface area (Å²) in [4.78, 5) is 14.0. The lowest BCUT2D eigenvalue weighted by atomic mass is 9.94. The zero-order valence-corrected chi connectivity index (χ0v) is 14.1. The van der Waals surface area contributed by atoms with E-state index in [2.05, 4.69) is 19.2 Å². The first-order valence-corrected chi connectivity index (χ1v) is 7.68. The van der Waals surface area contributed by atoms with Gasteiger partial charge in [0.05, 0.1) is 10.7 Å². The van der Waals surface area contributed by atoms with Gasteiger partial charge >= 0.3 is 0 Å². The van der Waals surface area contributed by atoms with Crippen LogP contribution in [0, 0.1) is 11.8 Å². The molecule has 0 aromatic heterocycles. The van der Waals surface area contributed by atoms with Gasteiger partial charge in [-0.2, -0.15) is 0 Å². The molecule has 0 fully saturated rings. The van der Waals surface area contributed by atoms with Crippen molar-refractivity contribution < 1.29 is 4.79 Å². The molecule has 0 aliphatic rings. The Balaban J connectivity index is 2.64. The van der Waals surface area contributed by atoms with Gasteiger partial charge in [-0.3, -0.25) is 4.79 Å². The molecule has 3 N–H and O–H groups in total. The third-order valence-electron chi connectivity index (χ3n) is 3.33. The largest absolute Gasteiger partial charge is 0.376 e. The Morgan fingerprint density at radius 2 is 2.05 bits per heavy atom. The maximum atomic E-state index is 12.1. The molecule has 0 radical (unpaired) electrons. The summed E-state index contributed by atoms with van der Waals surface area (Å²) in [5, 5.41) is 3.51. The zero-order chi connectivity index (χ0) is 16.0. The molecule has 0 bridgehead atoms. The average molecular weight is 312 g/mol. The average Bonchev–Trinajstić information content (AvgIpc) is 2.36. The van der Waals surface area contributed by atoms with E-state index in [4.69, 9.17) is 17.3 Å². The third kappa shape index (κ3) is 5.94. The standard InChI is InChI=1S/C16H26ClN3O/c1-11(2)7-12(10-18)8-16(21)19-13-5-6-15(20(3)4)14(17)9-13/h5-6,9,11-12H,7-8,10,18H2,1-4H3,(H,19,21)/t12-/m0/s1. The van der Waals surface area contributed by atoms with Gasteiger partial charge in [0.1, 0.15) is 0 Å². The van der Waals surface area contributed by atoms with Crippen molar-refractivity contribution in [3.63, 3.8) is 0 Å². The summed E-state index contributed by atoms with van der Waals surface area (Å²) in [6.07, 6.45) is 1.41. The van der Waals surface area contributed by atoms with Crippen LogP contribution in [0.2, 0.25) is 5.02 Å². The first-order chi connectivity index (χ1) is 9.83. The molecule has 0 saturated carbocycles. The van der Waals surface area contributed by atoms with Gasteiger partial charge in [-0.25, -0.2) is 0 Å². The van der Waals surface area contributed by atoms with Gasteiger partial charge in [-0.1, -0.05) is 25.4 Å². The van der Waals surface area contributed by atoms with E-state index >= 15 is 0 Å². The van der Waals surface area contributed by atoms with E-state index < -0.39 is 0 Å². The lowest BCUT2D eigenvalue weighted by Crippen LogP contribution is -2.23. The van der Waals surface area contributed by atoms with Crippen LogP contribution in [0.25, 0.3) is 0 Å². The number of carbonyl (C=O) groups is 1. The van der Waals surface area contributed by atoms with Crippen molar-refractivity contribution in [1.82, 2.24) is 0 Å². The van der Waals surface area contributed by atoms with Crippen LogP contribution in [0.5, 0.6) is 0 Å². The summed E-state index contributed by atoms with van der Waals surface area (Å²) in [5.41, 5.74) is 7.38. The van der Waals surface area contributed by atoms with E-state index in [-0.39, 0.29) is 11.8 Å². The molecule has 0 spiro atoms. The molecule has 21 heavy (non-hydrogen) atoms. The number of amides is 1. The van der Waals surface area contributed by atoms with E-state index in [9.17, 15) is 4.79 Å². The minimum absolute atomic E-state index is 0.0141. The molecule has 1 aromatic carbocycles. The molecule has 1 rings (SSSR count). The van der Waals surface area contributed by atoms with Crippen molar-refractivity contribution in [2.75, 3.05) is 30.9 Å². The first kappa shape index (κ1) is 17.8. The molecule has 1 aromatic rings. The van der Waals surface area contributed by atoms with Crippen LogP contribution in [-0.4, -0.2) is 26.5 Å². The third-order valence-corrected chi connectivity index (χ3v) is 3.63. The molecule has 4 nitrogen and oxygen atoms in total. The molecule has 118 valence electrons. The highest BCUT2D eigenvalue weighted by Crippen LogP contribution is 2.27. The van der Waals surface area contributed by atoms with Crippen LogP contribution in [0.3, 0.4) is 0 Å². The Morgan fingerprint density at radius 1 is 1.38 bits per heavy atom. The maximum absolute atomic E-state index is 12.1. The van der Waals surface area contributed by atoms with E-state index in [1.807, 2.05) is 31.1 Å². The smallest absolute Gasteiger partial charge is 0.224 e. The van der Waals surface area contributed by atoms with Crippen LogP contribution < -0.4 is 16.0 Å². The summed E-state index contributed by atoms with van der Waals surface area (Å²) in [5.74, 6) is 0.751. The molecular formula is C16H26ClN3O. The Labute approximate surface area is 132 Å². The van der Waals surface area contributed by atoms with Gasteiger partial charge < -0.3 is 16.0 Å². The van der Waals surface area contributed by atoms with Crippen LogP contribution in [0.1, 0.15) is 26.7 Å². The van der Waals surface area contributed by atoms with Gasteiger partial charge in [0.2, 0.25) is 5.91 Å². The van der Waals surface area contributed by atoms with Crippen molar-refractivity contribution in [3.05, 3.63) is 23.2 Å². The van der Waals surface area contributed by atoms with Crippen molar-refractivity contribution in [1.29, 1.82) is 0 Å². The SMILES string of the molecule is CC(C)C[C@H](CN)CC(=O)Nc1ccc(N(C)C)c(Cl)c1. The van der Waals surface area contributed by atoms with Gasteiger partial charge in [0.15, 0.2) is 0 Å². The van der Waals surface area contributed by atoms with Gasteiger partial charge in [0.25, 0.3) is 0 Å². The molecule has 0 aliphatic heterocycles. The number of nitrogens with two attached hydrogens (primary N) is 1. The molecule has 1 amide bonds. The monoisotopic (exact) mass is 311 g/mol. The Kier molecular flexibility index (Phi) is 6.99. The Hall–Kier alpha value is -1.26. The Morgan fingerprint density at radius 3 is 2.52 bits per heavy atom. The highest BCUT2D eigenvalue weighted by atomic mass is 35.5. The number of hydrogen-bond donors (Lipinski definition) is 2. The fourth-order valence-corrected chi connectivity index (χ4v) is 2.70. The number of rotatable bonds is 7. The summed E-state index contributed by atoms with van der Waals surface area (Å²) >= 11 is 6.20. The minimum atomic E-state index is -0.0141.